The van der Waals surface area contributed by atoms with Gasteiger partial charge in [0, 0.05) is 25.2 Å². The first-order chi connectivity index (χ1) is 21.2. The summed E-state index contributed by atoms with van der Waals surface area (Å²) < 4.78 is 22.3. The lowest BCUT2D eigenvalue weighted by atomic mass is 9.87. The van der Waals surface area contributed by atoms with Crippen molar-refractivity contribution < 1.29 is 48.0 Å². The number of carboxylic acids is 1. The maximum atomic E-state index is 13.2. The number of esters is 4. The molecular formula is C34H61N3O10. The highest BCUT2D eigenvalue weighted by atomic mass is 16.6. The minimum Gasteiger partial charge on any atom is -0.480 e. The van der Waals surface area contributed by atoms with Crippen molar-refractivity contribution >= 4 is 29.8 Å². The van der Waals surface area contributed by atoms with Gasteiger partial charge in [0.05, 0.1) is 32.7 Å². The molecule has 0 aliphatic heterocycles. The molecule has 0 aromatic heterocycles. The molecule has 0 amide bonds. The van der Waals surface area contributed by atoms with Crippen LogP contribution in [-0.4, -0.2) is 130 Å². The number of carboxylic acid groups (broad SMARTS) is 1. The Morgan fingerprint density at radius 3 is 1.17 bits per heavy atom. The van der Waals surface area contributed by atoms with Crippen molar-refractivity contribution in [2.75, 3.05) is 45.8 Å². The quantitative estimate of drug-likeness (QED) is 0.199. The minimum atomic E-state index is -1.11. The largest absolute Gasteiger partial charge is 0.480 e. The predicted octanol–water partition coefficient (Wildman–Crippen LogP) is 3.66. The zero-order chi connectivity index (χ0) is 36.4. The van der Waals surface area contributed by atoms with E-state index in [2.05, 4.69) is 0 Å². The summed E-state index contributed by atoms with van der Waals surface area (Å²) in [5.74, 6) is -3.12. The van der Waals surface area contributed by atoms with Crippen LogP contribution >= 0.6 is 0 Å². The number of hydrogen-bond acceptors (Lipinski definition) is 12. The van der Waals surface area contributed by atoms with E-state index in [1.54, 1.807) is 88.0 Å². The fourth-order valence-electron chi connectivity index (χ4n) is 5.45. The predicted molar refractivity (Wildman–Crippen MR) is 177 cm³/mol. The third kappa shape index (κ3) is 19.6. The van der Waals surface area contributed by atoms with E-state index >= 15 is 0 Å². The molecule has 2 unspecified atom stereocenters. The van der Waals surface area contributed by atoms with Gasteiger partial charge in [-0.1, -0.05) is 12.8 Å². The molecule has 272 valence electrons. The van der Waals surface area contributed by atoms with Crippen molar-refractivity contribution in [3.8, 4) is 0 Å². The first-order valence-electron chi connectivity index (χ1n) is 16.5. The molecule has 0 aromatic carbocycles. The fraction of sp³-hybridized carbons (Fsp3) is 0.853. The summed E-state index contributed by atoms with van der Waals surface area (Å²) in [7, 11) is 0. The molecule has 0 heterocycles. The van der Waals surface area contributed by atoms with Gasteiger partial charge in [0.2, 0.25) is 0 Å². The minimum absolute atomic E-state index is 0.113. The molecule has 0 bridgehead atoms. The van der Waals surface area contributed by atoms with Crippen LogP contribution in [-0.2, 0) is 42.9 Å². The molecule has 1 aliphatic rings. The number of aliphatic carboxylic acids is 1. The van der Waals surface area contributed by atoms with E-state index in [9.17, 15) is 29.1 Å². The molecule has 2 atom stereocenters. The lowest BCUT2D eigenvalue weighted by molar-refractivity contribution is -0.164. The summed E-state index contributed by atoms with van der Waals surface area (Å²) in [5, 5.41) is 9.58. The van der Waals surface area contributed by atoms with Crippen LogP contribution in [0.5, 0.6) is 0 Å². The van der Waals surface area contributed by atoms with Crippen molar-refractivity contribution in [1.29, 1.82) is 0 Å². The number of rotatable bonds is 15. The van der Waals surface area contributed by atoms with Gasteiger partial charge < -0.3 is 24.1 Å². The summed E-state index contributed by atoms with van der Waals surface area (Å²) in [6.07, 6.45) is 2.97. The molecule has 1 rings (SSSR count). The molecular weight excluding hydrogens is 610 g/mol. The molecule has 0 saturated heterocycles. The van der Waals surface area contributed by atoms with Crippen LogP contribution in [0.1, 0.15) is 109 Å². The molecule has 1 aliphatic carbocycles. The number of ether oxygens (including phenoxy) is 4. The smallest absolute Gasteiger partial charge is 0.320 e. The number of carbonyl (C=O) groups excluding carboxylic acids is 4. The Labute approximate surface area is 281 Å². The van der Waals surface area contributed by atoms with Gasteiger partial charge in [0.15, 0.2) is 0 Å². The first-order valence-corrected chi connectivity index (χ1v) is 16.5. The molecule has 1 fully saturated rings. The van der Waals surface area contributed by atoms with Gasteiger partial charge in [-0.3, -0.25) is 38.7 Å². The van der Waals surface area contributed by atoms with E-state index in [0.29, 0.717) is 12.8 Å². The van der Waals surface area contributed by atoms with Crippen LogP contribution in [0.15, 0.2) is 0 Å². The Bertz CT molecular complexity index is 1040. The van der Waals surface area contributed by atoms with Crippen LogP contribution < -0.4 is 0 Å². The van der Waals surface area contributed by atoms with Crippen molar-refractivity contribution in [3.63, 3.8) is 0 Å². The number of hydrogen-bond donors (Lipinski definition) is 1. The standard InChI is InChI=1S/C34H61N3O10/c1-31(2,3)44-27(40)20-35(19-26(38)39)17-18-36(21-28(41)45-32(4,5)6)24-15-13-14-16-25(24)37(22-29(42)46-33(7,8)9)23-30(43)47-34(10,11)12/h24-25H,13-23H2,1-12H3,(H,38,39). The average Bonchev–Trinajstić information content (AvgIpc) is 2.81. The van der Waals surface area contributed by atoms with Crippen LogP contribution in [0, 0.1) is 0 Å². The number of nitrogens with zero attached hydrogens (tertiary/aromatic N) is 3. The first kappa shape index (κ1) is 42.3. The van der Waals surface area contributed by atoms with E-state index < -0.39 is 58.8 Å². The van der Waals surface area contributed by atoms with Gasteiger partial charge in [-0.05, 0) is 95.9 Å². The zero-order valence-electron chi connectivity index (χ0n) is 30.9. The third-order valence-electron chi connectivity index (χ3n) is 6.72. The Hall–Kier alpha value is -2.77. The van der Waals surface area contributed by atoms with E-state index in [1.807, 2.05) is 4.90 Å². The van der Waals surface area contributed by atoms with Crippen molar-refractivity contribution in [1.82, 2.24) is 14.7 Å². The molecule has 1 saturated carbocycles. The SMILES string of the molecule is CC(C)(C)OC(=O)CN(CCN(CC(=O)OC(C)(C)C)C1CCCCC1N(CC(=O)OC(C)(C)C)CC(=O)OC(C)(C)C)CC(=O)O. The Kier molecular flexibility index (Phi) is 15.8. The van der Waals surface area contributed by atoms with E-state index in [4.69, 9.17) is 18.9 Å². The second-order valence-electron chi connectivity index (χ2n) is 16.2. The van der Waals surface area contributed by atoms with E-state index in [-0.39, 0.29) is 51.4 Å². The monoisotopic (exact) mass is 671 g/mol. The molecule has 1 N–H and O–H groups in total. The van der Waals surface area contributed by atoms with Gasteiger partial charge in [0.25, 0.3) is 0 Å². The maximum Gasteiger partial charge on any atom is 0.320 e. The Morgan fingerprint density at radius 2 is 0.830 bits per heavy atom. The molecule has 0 spiro atoms. The van der Waals surface area contributed by atoms with Crippen molar-refractivity contribution in [2.24, 2.45) is 0 Å². The highest BCUT2D eigenvalue weighted by molar-refractivity contribution is 5.76. The van der Waals surface area contributed by atoms with Crippen LogP contribution in [0.2, 0.25) is 0 Å². The fourth-order valence-corrected chi connectivity index (χ4v) is 5.45. The van der Waals surface area contributed by atoms with Gasteiger partial charge in [0.1, 0.15) is 22.4 Å². The van der Waals surface area contributed by atoms with Gasteiger partial charge >= 0.3 is 29.8 Å². The summed E-state index contributed by atoms with van der Waals surface area (Å²) in [5.41, 5.74) is -2.94. The highest BCUT2D eigenvalue weighted by Gasteiger charge is 2.38. The topological polar surface area (TPSA) is 152 Å². The molecule has 0 aromatic rings. The van der Waals surface area contributed by atoms with Crippen LogP contribution in [0.4, 0.5) is 0 Å². The molecule has 13 nitrogen and oxygen atoms in total. The van der Waals surface area contributed by atoms with Gasteiger partial charge in [-0.25, -0.2) is 0 Å². The molecule has 0 radical (unpaired) electrons. The van der Waals surface area contributed by atoms with Crippen molar-refractivity contribution in [2.45, 2.75) is 143 Å². The zero-order valence-corrected chi connectivity index (χ0v) is 30.9. The summed E-state index contributed by atoms with van der Waals surface area (Å²) in [4.78, 5) is 68.9. The Balaban J connectivity index is 3.46. The summed E-state index contributed by atoms with van der Waals surface area (Å²) in [6.45, 7) is 20.4. The van der Waals surface area contributed by atoms with Gasteiger partial charge in [-0.2, -0.15) is 0 Å². The average molecular weight is 672 g/mol. The van der Waals surface area contributed by atoms with Crippen molar-refractivity contribution in [3.05, 3.63) is 0 Å². The third-order valence-corrected chi connectivity index (χ3v) is 6.72. The van der Waals surface area contributed by atoms with E-state index in [1.165, 1.54) is 4.90 Å². The molecule has 47 heavy (non-hydrogen) atoms. The molecule has 13 heteroatoms. The summed E-state index contributed by atoms with van der Waals surface area (Å²) >= 11 is 0. The number of carbonyl (C=O) groups is 5. The second kappa shape index (κ2) is 17.6. The van der Waals surface area contributed by atoms with E-state index in [0.717, 1.165) is 12.8 Å². The van der Waals surface area contributed by atoms with Gasteiger partial charge in [-0.15, -0.1) is 0 Å². The lowest BCUT2D eigenvalue weighted by Crippen LogP contribution is -2.58. The normalized spacial score (nSPS) is 17.9. The Morgan fingerprint density at radius 1 is 0.511 bits per heavy atom. The highest BCUT2D eigenvalue weighted by Crippen LogP contribution is 2.28. The second-order valence-corrected chi connectivity index (χ2v) is 16.2. The van der Waals surface area contributed by atoms with Crippen LogP contribution in [0.3, 0.4) is 0 Å². The van der Waals surface area contributed by atoms with Crippen LogP contribution in [0.25, 0.3) is 0 Å². The maximum absolute atomic E-state index is 13.2. The lowest BCUT2D eigenvalue weighted by Gasteiger charge is -2.45. The summed E-state index contributed by atoms with van der Waals surface area (Å²) in [6, 6.07) is -0.653.